The maximum atomic E-state index is 11.2. The first-order chi connectivity index (χ1) is 7.58. The molecule has 16 heavy (non-hydrogen) atoms. The van der Waals surface area contributed by atoms with Crippen molar-refractivity contribution in [2.45, 2.75) is 12.3 Å². The van der Waals surface area contributed by atoms with Gasteiger partial charge in [-0.2, -0.15) is 0 Å². The Balaban J connectivity index is 3.08. The molecule has 1 aromatic carbocycles. The molecule has 0 fully saturated rings. The van der Waals surface area contributed by atoms with Crippen LogP contribution in [0.5, 0.6) is 0 Å². The van der Waals surface area contributed by atoms with Crippen LogP contribution in [0.25, 0.3) is 0 Å². The lowest BCUT2D eigenvalue weighted by molar-refractivity contribution is -0.385. The number of Topliss-reactive ketones (excluding diaryl/α,β-unsaturated/α-hetero) is 1. The normalized spacial score (nSPS) is 10.1. The molecule has 0 heterocycles. The molecule has 0 aliphatic carbocycles. The zero-order valence-electron chi connectivity index (χ0n) is 8.28. The fraction of sp³-hybridized carbons (Fsp3) is 0.300. The molecule has 0 aliphatic heterocycles. The number of benzene rings is 1. The van der Waals surface area contributed by atoms with Crippen molar-refractivity contribution < 1.29 is 9.72 Å². The van der Waals surface area contributed by atoms with Gasteiger partial charge in [-0.3, -0.25) is 14.9 Å². The molecule has 0 N–H and O–H groups in total. The number of halogens is 2. The van der Waals surface area contributed by atoms with Crippen molar-refractivity contribution in [2.24, 2.45) is 0 Å². The number of carbonyl (C=O) groups is 1. The third kappa shape index (κ3) is 3.28. The number of carbonyl (C=O) groups excluding carboxylic acids is 1. The van der Waals surface area contributed by atoms with Crippen LogP contribution < -0.4 is 0 Å². The monoisotopic (exact) mass is 305 g/mol. The number of hydrogen-bond donors (Lipinski definition) is 0. The molecule has 0 aromatic heterocycles. The first-order valence-corrected chi connectivity index (χ1v) is 6.14. The van der Waals surface area contributed by atoms with E-state index in [0.29, 0.717) is 11.1 Å². The van der Waals surface area contributed by atoms with Gasteiger partial charge < -0.3 is 0 Å². The van der Waals surface area contributed by atoms with E-state index in [-0.39, 0.29) is 29.1 Å². The molecule has 0 bridgehead atoms. The van der Waals surface area contributed by atoms with Crippen LogP contribution in [0.3, 0.4) is 0 Å². The van der Waals surface area contributed by atoms with Crippen molar-refractivity contribution in [3.8, 4) is 0 Å². The second kappa shape index (κ2) is 5.96. The highest BCUT2D eigenvalue weighted by atomic mass is 79.9. The van der Waals surface area contributed by atoms with Gasteiger partial charge >= 0.3 is 0 Å². The van der Waals surface area contributed by atoms with Crippen molar-refractivity contribution in [2.75, 3.05) is 5.33 Å². The molecule has 0 atom stereocenters. The zero-order valence-corrected chi connectivity index (χ0v) is 10.6. The highest BCUT2D eigenvalue weighted by molar-refractivity contribution is 9.09. The van der Waals surface area contributed by atoms with E-state index in [1.807, 2.05) is 0 Å². The summed E-state index contributed by atoms with van der Waals surface area (Å²) in [6.45, 7) is 0. The smallest absolute Gasteiger partial charge is 0.273 e. The van der Waals surface area contributed by atoms with E-state index in [1.165, 1.54) is 6.07 Å². The Bertz CT molecular complexity index is 423. The summed E-state index contributed by atoms with van der Waals surface area (Å²) in [5, 5.41) is 11.0. The Morgan fingerprint density at radius 1 is 1.50 bits per heavy atom. The fourth-order valence-corrected chi connectivity index (χ4v) is 1.64. The van der Waals surface area contributed by atoms with E-state index in [0.717, 1.165) is 0 Å². The van der Waals surface area contributed by atoms with Crippen molar-refractivity contribution >= 4 is 39.0 Å². The summed E-state index contributed by atoms with van der Waals surface area (Å²) >= 11 is 8.61. The lowest BCUT2D eigenvalue weighted by atomic mass is 10.1. The summed E-state index contributed by atoms with van der Waals surface area (Å²) in [5.74, 6) is 0.120. The summed E-state index contributed by atoms with van der Waals surface area (Å²) < 4.78 is 0. The standard InChI is InChI=1S/C10H9BrClNO3/c11-5-9(14)4-8-2-1-7(6-12)3-10(8)13(15)16/h1-3H,4-6H2. The van der Waals surface area contributed by atoms with Gasteiger partial charge in [-0.15, -0.1) is 11.6 Å². The zero-order chi connectivity index (χ0) is 12.1. The lowest BCUT2D eigenvalue weighted by Gasteiger charge is -2.03. The number of rotatable bonds is 5. The van der Waals surface area contributed by atoms with Crippen LogP contribution in [0.1, 0.15) is 11.1 Å². The first kappa shape index (κ1) is 13.1. The number of nitrogens with zero attached hydrogens (tertiary/aromatic N) is 1. The van der Waals surface area contributed by atoms with Crippen LogP contribution in [0.2, 0.25) is 0 Å². The number of alkyl halides is 2. The van der Waals surface area contributed by atoms with Crippen molar-refractivity contribution in [1.82, 2.24) is 0 Å². The molecule has 1 aromatic rings. The van der Waals surface area contributed by atoms with Gasteiger partial charge in [0.05, 0.1) is 10.3 Å². The van der Waals surface area contributed by atoms with E-state index in [4.69, 9.17) is 11.6 Å². The Morgan fingerprint density at radius 2 is 2.19 bits per heavy atom. The molecule has 4 nitrogen and oxygen atoms in total. The van der Waals surface area contributed by atoms with Crippen LogP contribution in [0.4, 0.5) is 5.69 Å². The Hall–Kier alpha value is -0.940. The van der Waals surface area contributed by atoms with Gasteiger partial charge in [0.15, 0.2) is 0 Å². The van der Waals surface area contributed by atoms with Gasteiger partial charge in [-0.05, 0) is 5.56 Å². The van der Waals surface area contributed by atoms with Gasteiger partial charge in [-0.25, -0.2) is 0 Å². The number of hydrogen-bond acceptors (Lipinski definition) is 3. The Morgan fingerprint density at radius 3 is 2.69 bits per heavy atom. The third-order valence-corrected chi connectivity index (χ3v) is 2.97. The van der Waals surface area contributed by atoms with Crippen LogP contribution in [0.15, 0.2) is 18.2 Å². The number of ketones is 1. The highest BCUT2D eigenvalue weighted by Crippen LogP contribution is 2.22. The average Bonchev–Trinajstić information content (AvgIpc) is 2.29. The predicted molar refractivity (Wildman–Crippen MR) is 65.2 cm³/mol. The van der Waals surface area contributed by atoms with Gasteiger partial charge in [0, 0.05) is 23.9 Å². The lowest BCUT2D eigenvalue weighted by Crippen LogP contribution is -2.06. The van der Waals surface area contributed by atoms with Crippen molar-refractivity contribution in [1.29, 1.82) is 0 Å². The Kier molecular flexibility index (Phi) is 4.89. The molecule has 0 spiro atoms. The second-order valence-electron chi connectivity index (χ2n) is 3.20. The van der Waals surface area contributed by atoms with Crippen molar-refractivity contribution in [3.05, 3.63) is 39.4 Å². The molecule has 1 rings (SSSR count). The molecule has 6 heteroatoms. The molecule has 0 aliphatic rings. The maximum Gasteiger partial charge on any atom is 0.273 e. The molecule has 0 radical (unpaired) electrons. The first-order valence-electron chi connectivity index (χ1n) is 4.48. The van der Waals surface area contributed by atoms with Crippen LogP contribution in [0, 0.1) is 10.1 Å². The topological polar surface area (TPSA) is 60.2 Å². The van der Waals surface area contributed by atoms with Gasteiger partial charge in [0.2, 0.25) is 0 Å². The minimum Gasteiger partial charge on any atom is -0.298 e. The fourth-order valence-electron chi connectivity index (χ4n) is 1.27. The highest BCUT2D eigenvalue weighted by Gasteiger charge is 2.16. The van der Waals surface area contributed by atoms with Gasteiger partial charge in [0.25, 0.3) is 5.69 Å². The average molecular weight is 307 g/mol. The van der Waals surface area contributed by atoms with E-state index < -0.39 is 4.92 Å². The summed E-state index contributed by atoms with van der Waals surface area (Å²) in [5.41, 5.74) is 1.04. The summed E-state index contributed by atoms with van der Waals surface area (Å²) in [4.78, 5) is 21.5. The van der Waals surface area contributed by atoms with E-state index in [1.54, 1.807) is 12.1 Å². The molecule has 0 saturated heterocycles. The van der Waals surface area contributed by atoms with E-state index in [9.17, 15) is 14.9 Å². The van der Waals surface area contributed by atoms with Gasteiger partial charge in [-0.1, -0.05) is 28.1 Å². The van der Waals surface area contributed by atoms with Crippen LogP contribution in [-0.2, 0) is 17.1 Å². The van der Waals surface area contributed by atoms with Gasteiger partial charge in [0.1, 0.15) is 5.78 Å². The Labute approximate surface area is 106 Å². The third-order valence-electron chi connectivity index (χ3n) is 2.04. The van der Waals surface area contributed by atoms with Crippen LogP contribution in [-0.4, -0.2) is 16.0 Å². The maximum absolute atomic E-state index is 11.2. The molecule has 86 valence electrons. The molecular weight excluding hydrogens is 297 g/mol. The quantitative estimate of drug-likeness (QED) is 0.477. The molecule has 0 saturated carbocycles. The number of nitro benzene ring substituents is 1. The van der Waals surface area contributed by atoms with E-state index >= 15 is 0 Å². The van der Waals surface area contributed by atoms with E-state index in [2.05, 4.69) is 15.9 Å². The van der Waals surface area contributed by atoms with Crippen molar-refractivity contribution in [3.63, 3.8) is 0 Å². The second-order valence-corrected chi connectivity index (χ2v) is 4.03. The summed E-state index contributed by atoms with van der Waals surface area (Å²) in [6, 6.07) is 4.68. The summed E-state index contributed by atoms with van der Waals surface area (Å²) in [7, 11) is 0. The largest absolute Gasteiger partial charge is 0.298 e. The minimum absolute atomic E-state index is 0.0487. The molecular formula is C10H9BrClNO3. The minimum atomic E-state index is -0.493. The van der Waals surface area contributed by atoms with Crippen LogP contribution >= 0.6 is 27.5 Å². The molecule has 0 amide bonds. The molecule has 0 unspecified atom stereocenters. The SMILES string of the molecule is O=C(CBr)Cc1ccc(CCl)cc1[N+](=O)[O-]. The predicted octanol–water partition coefficient (Wildman–Crippen LogP) is 2.84. The number of nitro groups is 1. The summed E-state index contributed by atoms with van der Waals surface area (Å²) in [6.07, 6.45) is 0.0597.